The van der Waals surface area contributed by atoms with Crippen molar-refractivity contribution in [2.24, 2.45) is 0 Å². The van der Waals surface area contributed by atoms with Gasteiger partial charge < -0.3 is 10.1 Å². The Labute approximate surface area is 148 Å². The van der Waals surface area contributed by atoms with Gasteiger partial charge in [-0.25, -0.2) is 9.48 Å². The second-order valence-electron chi connectivity index (χ2n) is 5.67. The number of aromatic nitrogens is 3. The fourth-order valence-electron chi connectivity index (χ4n) is 2.87. The summed E-state index contributed by atoms with van der Waals surface area (Å²) in [6, 6.07) is 13.3. The number of thiophene rings is 1. The molecular formula is C18H16N4O2S. The van der Waals surface area contributed by atoms with E-state index in [1.807, 2.05) is 54.8 Å². The van der Waals surface area contributed by atoms with Crippen molar-refractivity contribution >= 4 is 23.3 Å². The van der Waals surface area contributed by atoms with E-state index in [1.54, 1.807) is 16.0 Å². The highest BCUT2D eigenvalue weighted by Gasteiger charge is 2.34. The van der Waals surface area contributed by atoms with Crippen molar-refractivity contribution in [1.82, 2.24) is 14.8 Å². The molecule has 0 saturated heterocycles. The lowest BCUT2D eigenvalue weighted by atomic mass is 10.0. The van der Waals surface area contributed by atoms with Crippen LogP contribution < -0.4 is 5.32 Å². The van der Waals surface area contributed by atoms with Crippen LogP contribution in [0.3, 0.4) is 0 Å². The van der Waals surface area contributed by atoms with E-state index in [4.69, 9.17) is 4.74 Å². The van der Waals surface area contributed by atoms with E-state index < -0.39 is 0 Å². The number of ether oxygens (including phenoxy) is 1. The molecule has 4 rings (SSSR count). The van der Waals surface area contributed by atoms with Crippen molar-refractivity contribution in [2.45, 2.75) is 19.6 Å². The fraction of sp³-hybridized carbons (Fsp3) is 0.167. The van der Waals surface area contributed by atoms with Gasteiger partial charge >= 0.3 is 5.97 Å². The van der Waals surface area contributed by atoms with Gasteiger partial charge in [-0.1, -0.05) is 36.4 Å². The minimum Gasteiger partial charge on any atom is -0.457 e. The number of esters is 1. The molecule has 1 aromatic carbocycles. The van der Waals surface area contributed by atoms with Crippen molar-refractivity contribution in [3.8, 4) is 0 Å². The number of fused-ring (bicyclic) bond motifs is 1. The third-order valence-corrected chi connectivity index (χ3v) is 4.96. The first-order valence-electron chi connectivity index (χ1n) is 7.86. The van der Waals surface area contributed by atoms with Gasteiger partial charge in [-0.15, -0.1) is 11.3 Å². The number of nitrogens with zero attached hydrogens (tertiary/aromatic N) is 3. The van der Waals surface area contributed by atoms with Gasteiger partial charge in [0.05, 0.1) is 5.57 Å². The average Bonchev–Trinajstić information content (AvgIpc) is 3.31. The number of allylic oxidation sites excluding steroid dienone is 1. The molecule has 0 fully saturated rings. The molecule has 3 aromatic rings. The smallest absolute Gasteiger partial charge is 0.338 e. The fourth-order valence-corrected chi connectivity index (χ4v) is 3.68. The van der Waals surface area contributed by atoms with Crippen LogP contribution in [-0.4, -0.2) is 20.7 Å². The zero-order chi connectivity index (χ0) is 17.2. The predicted molar refractivity (Wildman–Crippen MR) is 95.0 cm³/mol. The number of carbonyl (C=O) groups excluding carboxylic acids is 1. The lowest BCUT2D eigenvalue weighted by Crippen LogP contribution is -2.29. The molecule has 25 heavy (non-hydrogen) atoms. The highest BCUT2D eigenvalue weighted by Crippen LogP contribution is 2.37. The van der Waals surface area contributed by atoms with E-state index in [2.05, 4.69) is 15.4 Å². The summed E-state index contributed by atoms with van der Waals surface area (Å²) in [7, 11) is 0. The van der Waals surface area contributed by atoms with Crippen LogP contribution >= 0.6 is 11.3 Å². The average molecular weight is 352 g/mol. The lowest BCUT2D eigenvalue weighted by Gasteiger charge is -2.27. The first kappa shape index (κ1) is 15.6. The third-order valence-electron chi connectivity index (χ3n) is 4.04. The summed E-state index contributed by atoms with van der Waals surface area (Å²) >= 11 is 1.58. The Morgan fingerprint density at radius 3 is 2.88 bits per heavy atom. The SMILES string of the molecule is CC1=C(C(=O)OCc2ccccc2)[C@H](c2cccs2)n2ncnc2N1. The Kier molecular flexibility index (Phi) is 4.07. The summed E-state index contributed by atoms with van der Waals surface area (Å²) in [6.07, 6.45) is 1.48. The maximum Gasteiger partial charge on any atom is 0.338 e. The van der Waals surface area contributed by atoms with Crippen LogP contribution in [0, 0.1) is 0 Å². The van der Waals surface area contributed by atoms with Crippen molar-refractivity contribution in [3.05, 3.63) is 75.9 Å². The molecular weight excluding hydrogens is 336 g/mol. The molecule has 0 unspecified atom stereocenters. The highest BCUT2D eigenvalue weighted by molar-refractivity contribution is 7.10. The van der Waals surface area contributed by atoms with Gasteiger partial charge in [0, 0.05) is 10.6 Å². The quantitative estimate of drug-likeness (QED) is 0.729. The number of anilines is 1. The summed E-state index contributed by atoms with van der Waals surface area (Å²) in [6.45, 7) is 2.09. The number of benzene rings is 1. The monoisotopic (exact) mass is 352 g/mol. The Morgan fingerprint density at radius 2 is 2.12 bits per heavy atom. The van der Waals surface area contributed by atoms with Crippen molar-refractivity contribution in [1.29, 1.82) is 0 Å². The van der Waals surface area contributed by atoms with Crippen LogP contribution in [0.2, 0.25) is 0 Å². The van der Waals surface area contributed by atoms with Crippen LogP contribution in [0.25, 0.3) is 0 Å². The van der Waals surface area contributed by atoms with Gasteiger partial charge in [-0.2, -0.15) is 10.1 Å². The van der Waals surface area contributed by atoms with Crippen LogP contribution in [0.4, 0.5) is 5.95 Å². The second-order valence-corrected chi connectivity index (χ2v) is 6.65. The second kappa shape index (κ2) is 6.52. The largest absolute Gasteiger partial charge is 0.457 e. The maximum atomic E-state index is 12.8. The van der Waals surface area contributed by atoms with Gasteiger partial charge in [0.15, 0.2) is 0 Å². The Bertz CT molecular complexity index is 916. The molecule has 2 aromatic heterocycles. The van der Waals surface area contributed by atoms with Gasteiger partial charge in [0.2, 0.25) is 5.95 Å². The van der Waals surface area contributed by atoms with Crippen molar-refractivity contribution in [2.75, 3.05) is 5.32 Å². The Morgan fingerprint density at radius 1 is 1.28 bits per heavy atom. The Balaban J connectivity index is 1.65. The van der Waals surface area contributed by atoms with E-state index in [9.17, 15) is 4.79 Å². The van der Waals surface area contributed by atoms with Crippen LogP contribution in [0.5, 0.6) is 0 Å². The molecule has 0 aliphatic carbocycles. The zero-order valence-electron chi connectivity index (χ0n) is 13.5. The van der Waals surface area contributed by atoms with Crippen molar-refractivity contribution in [3.63, 3.8) is 0 Å². The molecule has 1 atom stereocenters. The van der Waals surface area contributed by atoms with Gasteiger partial charge in [-0.3, -0.25) is 0 Å². The lowest BCUT2D eigenvalue weighted by molar-refractivity contribution is -0.140. The molecule has 3 heterocycles. The minimum atomic E-state index is -0.353. The number of rotatable bonds is 4. The molecule has 126 valence electrons. The van der Waals surface area contributed by atoms with Crippen molar-refractivity contribution < 1.29 is 9.53 Å². The number of carbonyl (C=O) groups is 1. The molecule has 1 aliphatic rings. The molecule has 0 spiro atoms. The Hall–Kier alpha value is -2.93. The summed E-state index contributed by atoms with van der Waals surface area (Å²) in [5.41, 5.74) is 2.24. The highest BCUT2D eigenvalue weighted by atomic mass is 32.1. The summed E-state index contributed by atoms with van der Waals surface area (Å²) in [5.74, 6) is 0.268. The summed E-state index contributed by atoms with van der Waals surface area (Å²) in [4.78, 5) is 18.1. The van der Waals surface area contributed by atoms with Gasteiger partial charge in [-0.05, 0) is 23.9 Å². The molecule has 7 heteroatoms. The van der Waals surface area contributed by atoms with Gasteiger partial charge in [0.1, 0.15) is 19.0 Å². The molecule has 1 aliphatic heterocycles. The number of hydrogen-bond acceptors (Lipinski definition) is 6. The number of nitrogens with one attached hydrogen (secondary N) is 1. The van der Waals surface area contributed by atoms with E-state index >= 15 is 0 Å². The number of hydrogen-bond donors (Lipinski definition) is 1. The maximum absolute atomic E-state index is 12.8. The topological polar surface area (TPSA) is 69.0 Å². The minimum absolute atomic E-state index is 0.234. The van der Waals surface area contributed by atoms with E-state index in [-0.39, 0.29) is 18.6 Å². The van der Waals surface area contributed by atoms with Crippen LogP contribution in [0.1, 0.15) is 23.4 Å². The normalized spacial score (nSPS) is 16.3. The van der Waals surface area contributed by atoms with E-state index in [1.165, 1.54) is 6.33 Å². The van der Waals surface area contributed by atoms with E-state index in [0.717, 1.165) is 16.1 Å². The zero-order valence-corrected chi connectivity index (χ0v) is 14.4. The van der Waals surface area contributed by atoms with Crippen LogP contribution in [-0.2, 0) is 16.1 Å². The molecule has 6 nitrogen and oxygen atoms in total. The first-order valence-corrected chi connectivity index (χ1v) is 8.74. The predicted octanol–water partition coefficient (Wildman–Crippen LogP) is 3.37. The first-order chi connectivity index (χ1) is 12.2. The molecule has 0 radical (unpaired) electrons. The van der Waals surface area contributed by atoms with Gasteiger partial charge in [0.25, 0.3) is 0 Å². The molecule has 1 N–H and O–H groups in total. The molecule has 0 saturated carbocycles. The molecule has 0 bridgehead atoms. The standard InChI is InChI=1S/C18H16N4O2S/c1-12-15(17(23)24-10-13-6-3-2-4-7-13)16(14-8-5-9-25-14)22-18(21-12)19-11-20-22/h2-9,11,16H,10H2,1H3,(H,19,20,21)/t16-/m0/s1. The van der Waals surface area contributed by atoms with Crippen LogP contribution in [0.15, 0.2) is 65.4 Å². The summed E-state index contributed by atoms with van der Waals surface area (Å²) < 4.78 is 7.28. The van der Waals surface area contributed by atoms with E-state index in [0.29, 0.717) is 11.5 Å². The third kappa shape index (κ3) is 2.94. The summed E-state index contributed by atoms with van der Waals surface area (Å²) in [5, 5.41) is 9.40. The molecule has 0 amide bonds.